The molecular weight excluding hydrogens is 330 g/mol. The summed E-state index contributed by atoms with van der Waals surface area (Å²) in [6, 6.07) is 30.8. The molecule has 0 saturated carbocycles. The molecule has 1 amide bonds. The molecule has 2 aromatic carbocycles. The van der Waals surface area contributed by atoms with Crippen molar-refractivity contribution in [1.82, 2.24) is 0 Å². The van der Waals surface area contributed by atoms with Gasteiger partial charge in [-0.2, -0.15) is 0 Å². The molecule has 2 heteroatoms. The zero-order valence-electron chi connectivity index (χ0n) is 14.6. The summed E-state index contributed by atoms with van der Waals surface area (Å²) in [4.78, 5) is 12.6. The van der Waals surface area contributed by atoms with E-state index in [4.69, 9.17) is 0 Å². The van der Waals surface area contributed by atoms with E-state index in [1.807, 2.05) is 48.5 Å². The number of anilines is 1. The Balaban J connectivity index is 1.63. The quantitative estimate of drug-likeness (QED) is 0.446. The average molecular weight is 347 g/mol. The first-order chi connectivity index (χ1) is 13.3. The van der Waals surface area contributed by atoms with Gasteiger partial charge in [0, 0.05) is 16.8 Å². The van der Waals surface area contributed by atoms with Gasteiger partial charge < -0.3 is 5.32 Å². The van der Waals surface area contributed by atoms with Gasteiger partial charge >= 0.3 is 0 Å². The first kappa shape index (κ1) is 15.6. The van der Waals surface area contributed by atoms with Crippen LogP contribution in [0, 0.1) is 0 Å². The standard InChI is InChI=1S/C25H17NO/c27-25-23(16-20-12-11-18-9-5-2-6-10-21(18)20)22-15-19(13-14-24(22)26-25)17-7-3-1-4-8-17/h1-16H,(H,26,27). The molecule has 3 aliphatic rings. The Morgan fingerprint density at radius 1 is 0.630 bits per heavy atom. The third kappa shape index (κ3) is 2.72. The highest BCUT2D eigenvalue weighted by atomic mass is 16.2. The van der Waals surface area contributed by atoms with Crippen LogP contribution in [0.1, 0.15) is 11.1 Å². The summed E-state index contributed by atoms with van der Waals surface area (Å²) in [5.74, 6) is -0.0510. The SMILES string of the molecule is O=C1Nc2ccc(-c3ccccc3)cc2C1=Cc1ccc2cccccc1-2. The Morgan fingerprint density at radius 3 is 2.15 bits per heavy atom. The molecule has 2 nitrogen and oxygen atoms in total. The minimum absolute atomic E-state index is 0.0510. The number of fused-ring (bicyclic) bond motifs is 2. The fraction of sp³-hybridized carbons (Fsp3) is 0. The van der Waals surface area contributed by atoms with Gasteiger partial charge in [-0.1, -0.05) is 78.9 Å². The maximum absolute atomic E-state index is 12.6. The smallest absolute Gasteiger partial charge is 0.256 e. The molecule has 1 aliphatic heterocycles. The van der Waals surface area contributed by atoms with Gasteiger partial charge in [-0.3, -0.25) is 4.79 Å². The number of hydrogen-bond acceptors (Lipinski definition) is 1. The molecule has 0 fully saturated rings. The Labute approximate surface area is 158 Å². The van der Waals surface area contributed by atoms with E-state index in [0.717, 1.165) is 33.5 Å². The van der Waals surface area contributed by atoms with Crippen molar-refractivity contribution in [1.29, 1.82) is 0 Å². The first-order valence-electron chi connectivity index (χ1n) is 9.00. The van der Waals surface area contributed by atoms with E-state index in [0.29, 0.717) is 5.57 Å². The van der Waals surface area contributed by atoms with Gasteiger partial charge in [0.1, 0.15) is 0 Å². The van der Waals surface area contributed by atoms with Crippen LogP contribution in [0.5, 0.6) is 0 Å². The van der Waals surface area contributed by atoms with Crippen molar-refractivity contribution in [2.24, 2.45) is 0 Å². The van der Waals surface area contributed by atoms with Crippen molar-refractivity contribution < 1.29 is 4.79 Å². The predicted octanol–water partition coefficient (Wildman–Crippen LogP) is 5.95. The van der Waals surface area contributed by atoms with Gasteiger partial charge in [0.05, 0.1) is 0 Å². The monoisotopic (exact) mass is 347 g/mol. The highest BCUT2D eigenvalue weighted by Crippen LogP contribution is 2.38. The average Bonchev–Trinajstić information content (AvgIpc) is 3.12. The molecule has 0 spiro atoms. The first-order valence-corrected chi connectivity index (χ1v) is 9.00. The van der Waals surface area contributed by atoms with Crippen LogP contribution in [0.3, 0.4) is 0 Å². The van der Waals surface area contributed by atoms with Crippen LogP contribution in [0.15, 0.2) is 91.0 Å². The normalized spacial score (nSPS) is 14.4. The van der Waals surface area contributed by atoms with Crippen molar-refractivity contribution in [2.75, 3.05) is 5.32 Å². The zero-order valence-corrected chi connectivity index (χ0v) is 14.6. The fourth-order valence-corrected chi connectivity index (χ4v) is 3.66. The van der Waals surface area contributed by atoms with Crippen molar-refractivity contribution in [3.05, 3.63) is 102 Å². The maximum Gasteiger partial charge on any atom is 0.256 e. The highest BCUT2D eigenvalue weighted by molar-refractivity contribution is 6.35. The number of amides is 1. The van der Waals surface area contributed by atoms with Gasteiger partial charge in [-0.05, 0) is 46.0 Å². The number of hydrogen-bond donors (Lipinski definition) is 1. The lowest BCUT2D eigenvalue weighted by atomic mass is 9.98. The summed E-state index contributed by atoms with van der Waals surface area (Å²) in [6.45, 7) is 0. The van der Waals surface area contributed by atoms with Crippen molar-refractivity contribution in [2.45, 2.75) is 0 Å². The number of benzene rings is 2. The largest absolute Gasteiger partial charge is 0.321 e. The summed E-state index contributed by atoms with van der Waals surface area (Å²) in [5, 5.41) is 2.99. The molecule has 1 N–H and O–H groups in total. The lowest BCUT2D eigenvalue weighted by molar-refractivity contribution is -0.110. The number of carbonyl (C=O) groups is 1. The highest BCUT2D eigenvalue weighted by Gasteiger charge is 2.25. The van der Waals surface area contributed by atoms with Crippen LogP contribution in [-0.2, 0) is 4.79 Å². The fourth-order valence-electron chi connectivity index (χ4n) is 3.66. The lowest BCUT2D eigenvalue weighted by Gasteiger charge is -2.05. The van der Waals surface area contributed by atoms with E-state index in [-0.39, 0.29) is 5.91 Å². The molecular formula is C25H17NO. The Bertz CT molecular complexity index is 1160. The summed E-state index contributed by atoms with van der Waals surface area (Å²) >= 11 is 0. The van der Waals surface area contributed by atoms with E-state index in [9.17, 15) is 4.79 Å². The molecule has 27 heavy (non-hydrogen) atoms. The maximum atomic E-state index is 12.6. The Kier molecular flexibility index (Phi) is 3.61. The van der Waals surface area contributed by atoms with Crippen LogP contribution in [-0.4, -0.2) is 5.91 Å². The Morgan fingerprint density at radius 2 is 1.33 bits per heavy atom. The third-order valence-corrected chi connectivity index (χ3v) is 5.03. The molecule has 2 aliphatic carbocycles. The third-order valence-electron chi connectivity index (χ3n) is 5.03. The zero-order chi connectivity index (χ0) is 18.2. The van der Waals surface area contributed by atoms with E-state index < -0.39 is 0 Å². The topological polar surface area (TPSA) is 29.1 Å². The molecule has 2 aromatic rings. The number of carbonyl (C=O) groups excluding carboxylic acids is 1. The minimum Gasteiger partial charge on any atom is -0.321 e. The molecule has 0 atom stereocenters. The van der Waals surface area contributed by atoms with Gasteiger partial charge in [0.15, 0.2) is 0 Å². The van der Waals surface area contributed by atoms with Crippen LogP contribution in [0.4, 0.5) is 5.69 Å². The van der Waals surface area contributed by atoms with Gasteiger partial charge in [-0.25, -0.2) is 0 Å². The molecule has 1 heterocycles. The minimum atomic E-state index is -0.0510. The second-order valence-corrected chi connectivity index (χ2v) is 6.71. The summed E-state index contributed by atoms with van der Waals surface area (Å²) in [7, 11) is 0. The predicted molar refractivity (Wildman–Crippen MR) is 111 cm³/mol. The molecule has 128 valence electrons. The molecule has 0 unspecified atom stereocenters. The van der Waals surface area contributed by atoms with E-state index in [2.05, 4.69) is 53.8 Å². The van der Waals surface area contributed by atoms with Gasteiger partial charge in [0.2, 0.25) is 0 Å². The number of nitrogens with one attached hydrogen (secondary N) is 1. The molecule has 0 aromatic heterocycles. The molecule has 0 saturated heterocycles. The van der Waals surface area contributed by atoms with E-state index in [1.54, 1.807) is 0 Å². The van der Waals surface area contributed by atoms with Crippen molar-refractivity contribution in [3.8, 4) is 22.3 Å². The van der Waals surface area contributed by atoms with Gasteiger partial charge in [-0.15, -0.1) is 0 Å². The second kappa shape index (κ2) is 6.26. The Hall–Kier alpha value is -3.65. The summed E-state index contributed by atoms with van der Waals surface area (Å²) in [6.07, 6.45) is 2.00. The van der Waals surface area contributed by atoms with Gasteiger partial charge in [0.25, 0.3) is 5.91 Å². The summed E-state index contributed by atoms with van der Waals surface area (Å²) in [5.41, 5.74) is 8.16. The van der Waals surface area contributed by atoms with Crippen LogP contribution >= 0.6 is 0 Å². The van der Waals surface area contributed by atoms with Crippen LogP contribution in [0.25, 0.3) is 33.9 Å². The summed E-state index contributed by atoms with van der Waals surface area (Å²) < 4.78 is 0. The number of rotatable bonds is 2. The second-order valence-electron chi connectivity index (χ2n) is 6.71. The van der Waals surface area contributed by atoms with Crippen LogP contribution < -0.4 is 5.32 Å². The molecule has 0 bridgehead atoms. The van der Waals surface area contributed by atoms with Crippen LogP contribution in [0.2, 0.25) is 0 Å². The van der Waals surface area contributed by atoms with Crippen molar-refractivity contribution in [3.63, 3.8) is 0 Å². The molecule has 5 rings (SSSR count). The van der Waals surface area contributed by atoms with E-state index in [1.165, 1.54) is 5.56 Å². The molecule has 0 radical (unpaired) electrons. The van der Waals surface area contributed by atoms with Crippen molar-refractivity contribution >= 4 is 23.2 Å². The lowest BCUT2D eigenvalue weighted by Crippen LogP contribution is -2.03. The van der Waals surface area contributed by atoms with E-state index >= 15 is 0 Å².